The third-order valence-corrected chi connectivity index (χ3v) is 10.2. The lowest BCUT2D eigenvalue weighted by atomic mass is 9.98. The molecule has 2 amide bonds. The molecule has 0 radical (unpaired) electrons. The number of carbonyl (C=O) groups is 2. The number of amides is 2. The first-order valence-electron chi connectivity index (χ1n) is 17.8. The first-order valence-corrected chi connectivity index (χ1v) is 17.8. The molecule has 6 rings (SSSR count). The minimum atomic E-state index is -5.02. The van der Waals surface area contributed by atoms with Crippen molar-refractivity contribution in [2.75, 3.05) is 19.6 Å². The molecule has 8 nitrogen and oxygen atoms in total. The van der Waals surface area contributed by atoms with Crippen LogP contribution in [-0.2, 0) is 32.2 Å². The van der Waals surface area contributed by atoms with Gasteiger partial charge in [-0.25, -0.2) is 0 Å². The SMILES string of the molecule is C=CCN(C[C@H]1C[C@@H](c2ccc(CO)cc2)O[C@@H](c2cccc(-c3cccc(CNC(=O)[C@@H]4CCCN4C(=O)C(F)(F)F)c3)c2)O1)C1CCCC1. The Bertz CT molecular complexity index is 1660. The smallest absolute Gasteiger partial charge is 0.392 e. The van der Waals surface area contributed by atoms with Crippen LogP contribution in [0, 0.1) is 0 Å². The van der Waals surface area contributed by atoms with E-state index in [9.17, 15) is 27.9 Å². The third-order valence-electron chi connectivity index (χ3n) is 10.2. The van der Waals surface area contributed by atoms with Gasteiger partial charge in [-0.15, -0.1) is 6.58 Å². The molecule has 1 saturated carbocycles. The summed E-state index contributed by atoms with van der Waals surface area (Å²) in [7, 11) is 0. The molecule has 3 aromatic rings. The summed E-state index contributed by atoms with van der Waals surface area (Å²) in [5.41, 5.74) is 5.29. The quantitative estimate of drug-likeness (QED) is 0.198. The van der Waals surface area contributed by atoms with E-state index in [1.807, 2.05) is 78.9 Å². The fourth-order valence-electron chi connectivity index (χ4n) is 7.58. The largest absolute Gasteiger partial charge is 0.471 e. The van der Waals surface area contributed by atoms with Crippen LogP contribution < -0.4 is 5.32 Å². The van der Waals surface area contributed by atoms with E-state index in [1.54, 1.807) is 0 Å². The van der Waals surface area contributed by atoms with Gasteiger partial charge in [0.15, 0.2) is 6.29 Å². The number of alkyl halides is 3. The monoisotopic (exact) mass is 705 g/mol. The lowest BCUT2D eigenvalue weighted by Crippen LogP contribution is -2.50. The zero-order chi connectivity index (χ0) is 36.0. The van der Waals surface area contributed by atoms with E-state index in [0.717, 1.165) is 46.5 Å². The first kappa shape index (κ1) is 36.8. The Hall–Kier alpha value is -4.03. The summed E-state index contributed by atoms with van der Waals surface area (Å²) in [4.78, 5) is 27.8. The third kappa shape index (κ3) is 9.07. The van der Waals surface area contributed by atoms with Crippen molar-refractivity contribution in [2.24, 2.45) is 0 Å². The fourth-order valence-corrected chi connectivity index (χ4v) is 7.58. The Balaban J connectivity index is 1.18. The van der Waals surface area contributed by atoms with Gasteiger partial charge in [-0.2, -0.15) is 13.2 Å². The summed E-state index contributed by atoms with van der Waals surface area (Å²) >= 11 is 0. The van der Waals surface area contributed by atoms with Gasteiger partial charge in [0.25, 0.3) is 0 Å². The predicted molar refractivity (Wildman–Crippen MR) is 187 cm³/mol. The normalized spacial score (nSPS) is 22.7. The molecule has 0 spiro atoms. The number of halogens is 3. The second kappa shape index (κ2) is 16.5. The number of ether oxygens (including phenoxy) is 2. The van der Waals surface area contributed by atoms with Crippen LogP contribution in [0.15, 0.2) is 85.5 Å². The molecule has 4 atom stereocenters. The Labute approximate surface area is 297 Å². The highest BCUT2D eigenvalue weighted by molar-refractivity contribution is 5.90. The Morgan fingerprint density at radius 1 is 0.922 bits per heavy atom. The number of benzene rings is 3. The van der Waals surface area contributed by atoms with Crippen LogP contribution in [0.4, 0.5) is 13.2 Å². The fraction of sp³-hybridized carbons (Fsp3) is 0.450. The van der Waals surface area contributed by atoms with Crippen molar-refractivity contribution >= 4 is 11.8 Å². The van der Waals surface area contributed by atoms with Crippen molar-refractivity contribution in [1.82, 2.24) is 15.1 Å². The molecular weight excluding hydrogens is 659 g/mol. The molecule has 2 saturated heterocycles. The molecule has 2 heterocycles. The maximum absolute atomic E-state index is 13.1. The van der Waals surface area contributed by atoms with E-state index in [2.05, 4.69) is 16.8 Å². The summed E-state index contributed by atoms with van der Waals surface area (Å²) in [5, 5.41) is 12.3. The van der Waals surface area contributed by atoms with Crippen LogP contribution in [-0.4, -0.2) is 70.7 Å². The zero-order valence-corrected chi connectivity index (χ0v) is 28.7. The van der Waals surface area contributed by atoms with E-state index < -0.39 is 30.3 Å². The molecular formula is C40H46F3N3O5. The summed E-state index contributed by atoms with van der Waals surface area (Å²) in [6.07, 6.45) is 2.04. The number of nitrogens with zero attached hydrogens (tertiary/aromatic N) is 2. The van der Waals surface area contributed by atoms with Crippen molar-refractivity contribution < 1.29 is 37.3 Å². The topological polar surface area (TPSA) is 91.3 Å². The number of carbonyl (C=O) groups excluding carboxylic acids is 2. The molecule has 2 N–H and O–H groups in total. The van der Waals surface area contributed by atoms with Gasteiger partial charge in [-0.1, -0.05) is 79.6 Å². The Morgan fingerprint density at radius 2 is 1.65 bits per heavy atom. The molecule has 3 aliphatic rings. The number of aliphatic hydroxyl groups excluding tert-OH is 1. The van der Waals surface area contributed by atoms with Crippen molar-refractivity contribution in [3.8, 4) is 11.1 Å². The molecule has 0 bridgehead atoms. The second-order valence-corrected chi connectivity index (χ2v) is 13.7. The van der Waals surface area contributed by atoms with Crippen LogP contribution in [0.5, 0.6) is 0 Å². The standard InChI is InChI=1S/C40H46F3N3O5/c1-2-19-45(33-12-3-4-13-33)25-34-23-36(29-17-15-27(26-47)16-18-29)51-38(50-34)32-11-6-10-31(22-32)30-9-5-8-28(21-30)24-44-37(48)35-14-7-20-46(35)39(49)40(41,42)43/h2,5-6,8-11,15-18,21-22,33-36,38,47H,1,3-4,7,12-14,19-20,23-26H2,(H,44,48)/t34-,35+,36+,38+/m1/s1. The molecule has 11 heteroatoms. The highest BCUT2D eigenvalue weighted by atomic mass is 19.4. The van der Waals surface area contributed by atoms with Crippen LogP contribution in [0.3, 0.4) is 0 Å². The predicted octanol–water partition coefficient (Wildman–Crippen LogP) is 6.99. The summed E-state index contributed by atoms with van der Waals surface area (Å²) in [6.45, 7) is 5.54. The highest BCUT2D eigenvalue weighted by Gasteiger charge is 2.47. The van der Waals surface area contributed by atoms with Gasteiger partial charge in [0.05, 0.1) is 18.8 Å². The number of aliphatic hydroxyl groups is 1. The minimum absolute atomic E-state index is 0.0273. The van der Waals surface area contributed by atoms with E-state index in [4.69, 9.17) is 9.47 Å². The summed E-state index contributed by atoms with van der Waals surface area (Å²) < 4.78 is 52.5. The van der Waals surface area contributed by atoms with Crippen molar-refractivity contribution in [3.63, 3.8) is 0 Å². The molecule has 3 fully saturated rings. The lowest BCUT2D eigenvalue weighted by Gasteiger charge is -2.39. The van der Waals surface area contributed by atoms with Crippen LogP contribution >= 0.6 is 0 Å². The van der Waals surface area contributed by atoms with Gasteiger partial charge in [0.1, 0.15) is 6.04 Å². The number of hydrogen-bond acceptors (Lipinski definition) is 6. The van der Waals surface area contributed by atoms with Crippen LogP contribution in [0.25, 0.3) is 11.1 Å². The molecule has 0 aromatic heterocycles. The van der Waals surface area contributed by atoms with Gasteiger partial charge in [0.2, 0.25) is 5.91 Å². The molecule has 51 heavy (non-hydrogen) atoms. The van der Waals surface area contributed by atoms with E-state index in [1.165, 1.54) is 25.7 Å². The number of likely N-dealkylation sites (tertiary alicyclic amines) is 1. The van der Waals surface area contributed by atoms with Gasteiger partial charge in [-0.3, -0.25) is 14.5 Å². The van der Waals surface area contributed by atoms with E-state index >= 15 is 0 Å². The maximum Gasteiger partial charge on any atom is 0.471 e. The summed E-state index contributed by atoms with van der Waals surface area (Å²) in [6, 6.07) is 22.8. The minimum Gasteiger partial charge on any atom is -0.392 e. The lowest BCUT2D eigenvalue weighted by molar-refractivity contribution is -0.253. The zero-order valence-electron chi connectivity index (χ0n) is 28.7. The number of hydrogen-bond donors (Lipinski definition) is 2. The summed E-state index contributed by atoms with van der Waals surface area (Å²) in [5.74, 6) is -2.58. The Morgan fingerprint density at radius 3 is 2.35 bits per heavy atom. The van der Waals surface area contributed by atoms with Crippen LogP contribution in [0.2, 0.25) is 0 Å². The molecule has 1 aliphatic carbocycles. The van der Waals surface area contributed by atoms with Gasteiger partial charge >= 0.3 is 12.1 Å². The van der Waals surface area contributed by atoms with E-state index in [-0.39, 0.29) is 38.3 Å². The average Bonchev–Trinajstić information content (AvgIpc) is 3.87. The molecule has 3 aromatic carbocycles. The first-order chi connectivity index (χ1) is 24.6. The number of rotatable bonds is 12. The molecule has 272 valence electrons. The average molecular weight is 706 g/mol. The van der Waals surface area contributed by atoms with Crippen molar-refractivity contribution in [3.05, 3.63) is 108 Å². The second-order valence-electron chi connectivity index (χ2n) is 13.7. The highest BCUT2D eigenvalue weighted by Crippen LogP contribution is 2.40. The number of nitrogens with one attached hydrogen (secondary N) is 1. The van der Waals surface area contributed by atoms with Crippen molar-refractivity contribution in [1.29, 1.82) is 0 Å². The maximum atomic E-state index is 13.1. The molecule has 2 aliphatic heterocycles. The van der Waals surface area contributed by atoms with E-state index in [0.29, 0.717) is 23.8 Å². The van der Waals surface area contributed by atoms with Crippen molar-refractivity contribution in [2.45, 2.75) is 94.9 Å². The molecule has 0 unspecified atom stereocenters. The van der Waals surface area contributed by atoms with Gasteiger partial charge in [0, 0.05) is 44.2 Å². The Kier molecular flexibility index (Phi) is 11.9. The van der Waals surface area contributed by atoms with Gasteiger partial charge < -0.3 is 24.8 Å². The van der Waals surface area contributed by atoms with Crippen LogP contribution in [0.1, 0.15) is 79.6 Å². The van der Waals surface area contributed by atoms with Gasteiger partial charge in [-0.05, 0) is 65.6 Å².